The average Bonchev–Trinajstić information content (AvgIpc) is 3.49. The molecule has 5 nitrogen and oxygen atoms in total. The van der Waals surface area contributed by atoms with E-state index in [1.54, 1.807) is 0 Å². The zero-order valence-corrected chi connectivity index (χ0v) is 26.2. The van der Waals surface area contributed by atoms with Gasteiger partial charge in [0.2, 0.25) is 0 Å². The molecule has 2 aliphatic heterocycles. The Hall–Kier alpha value is -6.72. The van der Waals surface area contributed by atoms with Crippen molar-refractivity contribution >= 4 is 49.8 Å². The van der Waals surface area contributed by atoms with Crippen molar-refractivity contribution in [1.82, 2.24) is 14.5 Å². The van der Waals surface area contributed by atoms with Gasteiger partial charge in [-0.25, -0.2) is 9.97 Å². The average molecular weight is 627 g/mol. The number of anilines is 3. The molecule has 0 fully saturated rings. The van der Waals surface area contributed by atoms with Crippen LogP contribution >= 0.6 is 0 Å². The Balaban J connectivity index is 1.13. The Morgan fingerprint density at radius 3 is 2.08 bits per heavy atom. The van der Waals surface area contributed by atoms with Gasteiger partial charge in [0.1, 0.15) is 17.3 Å². The molecule has 5 heteroatoms. The van der Waals surface area contributed by atoms with Crippen molar-refractivity contribution < 1.29 is 4.74 Å². The first-order valence-electron chi connectivity index (χ1n) is 16.5. The van der Waals surface area contributed by atoms with Crippen molar-refractivity contribution in [3.05, 3.63) is 158 Å². The molecule has 0 saturated heterocycles. The fourth-order valence-electron chi connectivity index (χ4n) is 7.67. The maximum absolute atomic E-state index is 6.23. The monoisotopic (exact) mass is 626 g/mol. The lowest BCUT2D eigenvalue weighted by Crippen LogP contribution is -2.13. The smallest absolute Gasteiger partial charge is 0.160 e. The Morgan fingerprint density at radius 1 is 0.490 bits per heavy atom. The van der Waals surface area contributed by atoms with Gasteiger partial charge in [0.05, 0.1) is 33.5 Å². The quantitative estimate of drug-likeness (QED) is 0.191. The number of fused-ring (bicyclic) bond motifs is 10. The third-order valence-corrected chi connectivity index (χ3v) is 9.89. The van der Waals surface area contributed by atoms with Crippen molar-refractivity contribution in [2.75, 3.05) is 4.90 Å². The summed E-state index contributed by atoms with van der Waals surface area (Å²) < 4.78 is 8.63. The molecule has 0 amide bonds. The molecule has 0 radical (unpaired) electrons. The van der Waals surface area contributed by atoms with Crippen LogP contribution < -0.4 is 9.64 Å². The van der Waals surface area contributed by atoms with Gasteiger partial charge in [-0.1, -0.05) is 78.9 Å². The Kier molecular flexibility index (Phi) is 5.32. The van der Waals surface area contributed by atoms with Gasteiger partial charge < -0.3 is 4.74 Å². The Morgan fingerprint density at radius 2 is 1.20 bits per heavy atom. The second-order valence-corrected chi connectivity index (χ2v) is 12.7. The lowest BCUT2D eigenvalue weighted by Gasteiger charge is -2.26. The number of nitrogens with zero attached hydrogens (tertiary/aromatic N) is 4. The molecule has 11 rings (SSSR count). The lowest BCUT2D eigenvalue weighted by molar-refractivity contribution is 0.486. The van der Waals surface area contributed by atoms with Crippen molar-refractivity contribution in [3.8, 4) is 51.0 Å². The van der Waals surface area contributed by atoms with E-state index in [-0.39, 0.29) is 0 Å². The molecule has 49 heavy (non-hydrogen) atoms. The van der Waals surface area contributed by atoms with Crippen LogP contribution in [0.3, 0.4) is 0 Å². The molecule has 0 aliphatic carbocycles. The number of para-hydroxylation sites is 3. The van der Waals surface area contributed by atoms with Gasteiger partial charge in [0.15, 0.2) is 5.82 Å². The zero-order chi connectivity index (χ0) is 32.1. The zero-order valence-electron chi connectivity index (χ0n) is 26.2. The fraction of sp³-hybridized carbons (Fsp3) is 0. The normalized spacial score (nSPS) is 12.6. The molecular formula is C44H26N4O. The maximum Gasteiger partial charge on any atom is 0.160 e. The lowest BCUT2D eigenvalue weighted by atomic mass is 9.97. The van der Waals surface area contributed by atoms with Gasteiger partial charge >= 0.3 is 0 Å². The highest BCUT2D eigenvalue weighted by atomic mass is 16.5. The van der Waals surface area contributed by atoms with Crippen LogP contribution in [0.4, 0.5) is 17.2 Å². The maximum atomic E-state index is 6.23. The largest absolute Gasteiger partial charge is 0.456 e. The predicted octanol–water partition coefficient (Wildman–Crippen LogP) is 11.6. The van der Waals surface area contributed by atoms with Crippen molar-refractivity contribution in [2.45, 2.75) is 0 Å². The first kappa shape index (κ1) is 26.4. The van der Waals surface area contributed by atoms with E-state index in [4.69, 9.17) is 14.7 Å². The summed E-state index contributed by atoms with van der Waals surface area (Å²) >= 11 is 0. The number of rotatable bonds is 2. The number of benzene rings is 7. The van der Waals surface area contributed by atoms with Crippen LogP contribution in [0.5, 0.6) is 11.5 Å². The third kappa shape index (κ3) is 3.81. The molecule has 0 unspecified atom stereocenters. The van der Waals surface area contributed by atoms with Gasteiger partial charge in [-0.05, 0) is 89.6 Å². The van der Waals surface area contributed by atoms with E-state index < -0.39 is 0 Å². The van der Waals surface area contributed by atoms with Crippen LogP contribution in [0.1, 0.15) is 0 Å². The molecule has 0 spiro atoms. The summed E-state index contributed by atoms with van der Waals surface area (Å²) in [6, 6.07) is 55.7. The predicted molar refractivity (Wildman–Crippen MR) is 198 cm³/mol. The fourth-order valence-corrected chi connectivity index (χ4v) is 7.67. The van der Waals surface area contributed by atoms with E-state index in [1.165, 1.54) is 32.8 Å². The highest BCUT2D eigenvalue weighted by Crippen LogP contribution is 2.50. The third-order valence-electron chi connectivity index (χ3n) is 9.89. The number of hydrogen-bond acceptors (Lipinski definition) is 4. The van der Waals surface area contributed by atoms with E-state index >= 15 is 0 Å². The molecule has 2 aliphatic rings. The van der Waals surface area contributed by atoms with Crippen LogP contribution in [0.15, 0.2) is 158 Å². The molecule has 0 bridgehead atoms. The molecule has 4 heterocycles. The van der Waals surface area contributed by atoms with Crippen LogP contribution in [0.2, 0.25) is 0 Å². The van der Waals surface area contributed by atoms with Crippen LogP contribution in [-0.4, -0.2) is 14.5 Å². The standard InChI is InChI=1S/C44H26N4O/c1-2-11-29-25-38-34(24-28(29)10-1)32-13-4-7-17-37(32)48-36-16-6-3-12-30(36)26-41(48)47(38)31-22-20-27(21-23-31)44-45-35-15-9-19-40-42(35)43(46-44)33-14-5-8-18-39(33)49-40/h1-26H. The minimum Gasteiger partial charge on any atom is -0.456 e. The molecular weight excluding hydrogens is 601 g/mol. The molecule has 0 N–H and O–H groups in total. The van der Waals surface area contributed by atoms with Crippen molar-refractivity contribution in [1.29, 1.82) is 0 Å². The van der Waals surface area contributed by atoms with Crippen molar-refractivity contribution in [3.63, 3.8) is 0 Å². The molecule has 2 aromatic heterocycles. The molecule has 9 aromatic rings. The molecule has 228 valence electrons. The highest BCUT2D eigenvalue weighted by molar-refractivity contribution is 6.04. The van der Waals surface area contributed by atoms with E-state index in [0.29, 0.717) is 5.82 Å². The molecule has 7 aromatic carbocycles. The van der Waals surface area contributed by atoms with Gasteiger partial charge in [-0.15, -0.1) is 0 Å². The highest BCUT2D eigenvalue weighted by Gasteiger charge is 2.29. The van der Waals surface area contributed by atoms with Gasteiger partial charge in [-0.2, -0.15) is 0 Å². The SMILES string of the molecule is c1ccc2c(c1)Oc1cccc3nc(-c4ccc(N5c6cc7ccccc7cc6-c6ccccc6-n6c5cc5ccccc56)cc4)nc-2c13. The molecule has 0 atom stereocenters. The summed E-state index contributed by atoms with van der Waals surface area (Å²) in [5.41, 5.74) is 10.6. The Labute approximate surface area is 281 Å². The summed E-state index contributed by atoms with van der Waals surface area (Å²) in [6.45, 7) is 0. The van der Waals surface area contributed by atoms with Gasteiger partial charge in [-0.3, -0.25) is 9.47 Å². The summed E-state index contributed by atoms with van der Waals surface area (Å²) in [6.07, 6.45) is 0. The molecule has 0 saturated carbocycles. The summed E-state index contributed by atoms with van der Waals surface area (Å²) in [5, 5.41) is 4.56. The van der Waals surface area contributed by atoms with E-state index in [2.05, 4.69) is 131 Å². The van der Waals surface area contributed by atoms with E-state index in [9.17, 15) is 0 Å². The Bertz CT molecular complexity index is 2820. The van der Waals surface area contributed by atoms with E-state index in [0.717, 1.165) is 62.1 Å². The number of ether oxygens (including phenoxy) is 1. The summed E-state index contributed by atoms with van der Waals surface area (Å²) in [5.74, 6) is 3.38. The van der Waals surface area contributed by atoms with Gasteiger partial charge in [0.25, 0.3) is 0 Å². The summed E-state index contributed by atoms with van der Waals surface area (Å²) in [7, 11) is 0. The van der Waals surface area contributed by atoms with Crippen LogP contribution in [0, 0.1) is 0 Å². The first-order chi connectivity index (χ1) is 24.3. The summed E-state index contributed by atoms with van der Waals surface area (Å²) in [4.78, 5) is 12.6. The topological polar surface area (TPSA) is 43.2 Å². The second kappa shape index (κ2) is 9.89. The van der Waals surface area contributed by atoms with Gasteiger partial charge in [0, 0.05) is 33.3 Å². The van der Waals surface area contributed by atoms with Crippen molar-refractivity contribution in [2.24, 2.45) is 0 Å². The van der Waals surface area contributed by atoms with Crippen LogP contribution in [0.25, 0.3) is 72.0 Å². The minimum atomic E-state index is 0.687. The second-order valence-electron chi connectivity index (χ2n) is 12.7. The number of aromatic nitrogens is 3. The number of hydrogen-bond donors (Lipinski definition) is 0. The first-order valence-corrected chi connectivity index (χ1v) is 16.5. The van der Waals surface area contributed by atoms with Crippen LogP contribution in [-0.2, 0) is 0 Å². The van der Waals surface area contributed by atoms with E-state index in [1.807, 2.05) is 36.4 Å². The minimum absolute atomic E-state index is 0.687.